The normalized spacial score (nSPS) is 10.4. The van der Waals surface area contributed by atoms with Gasteiger partial charge in [-0.25, -0.2) is 0 Å². The zero-order valence-corrected chi connectivity index (χ0v) is 17.0. The SMILES string of the molecule is COc1ccc(NC(=O)c2ccc(Oc3ccnc4cc(O)c(C#N)cc34)c(N)c2)cc1. The quantitative estimate of drug-likeness (QED) is 0.402. The van der Waals surface area contributed by atoms with E-state index >= 15 is 0 Å². The summed E-state index contributed by atoms with van der Waals surface area (Å²) in [6.45, 7) is 0. The summed E-state index contributed by atoms with van der Waals surface area (Å²) in [6.07, 6.45) is 1.52. The minimum absolute atomic E-state index is 0.105. The summed E-state index contributed by atoms with van der Waals surface area (Å²) < 4.78 is 11.0. The van der Waals surface area contributed by atoms with E-state index in [4.69, 9.17) is 15.2 Å². The fourth-order valence-corrected chi connectivity index (χ4v) is 3.11. The monoisotopic (exact) mass is 426 g/mol. The zero-order valence-electron chi connectivity index (χ0n) is 17.0. The van der Waals surface area contributed by atoms with E-state index in [1.165, 1.54) is 24.4 Å². The van der Waals surface area contributed by atoms with Crippen LogP contribution in [-0.4, -0.2) is 23.1 Å². The van der Waals surface area contributed by atoms with E-state index in [0.717, 1.165) is 0 Å². The summed E-state index contributed by atoms with van der Waals surface area (Å²) in [4.78, 5) is 16.8. The number of benzene rings is 3. The number of carbonyl (C=O) groups is 1. The molecule has 8 heteroatoms. The second-order valence-corrected chi connectivity index (χ2v) is 6.84. The van der Waals surface area contributed by atoms with Crippen molar-refractivity contribution < 1.29 is 19.4 Å². The van der Waals surface area contributed by atoms with Crippen LogP contribution in [0.2, 0.25) is 0 Å². The van der Waals surface area contributed by atoms with Crippen LogP contribution in [0.15, 0.2) is 66.9 Å². The number of amides is 1. The van der Waals surface area contributed by atoms with E-state index < -0.39 is 0 Å². The van der Waals surface area contributed by atoms with Crippen LogP contribution in [0.25, 0.3) is 10.9 Å². The molecule has 32 heavy (non-hydrogen) atoms. The molecule has 3 aromatic carbocycles. The summed E-state index contributed by atoms with van der Waals surface area (Å²) in [5, 5.41) is 22.4. The van der Waals surface area contributed by atoms with Gasteiger partial charge in [-0.05, 0) is 54.6 Å². The number of nitrogens with one attached hydrogen (secondary N) is 1. The van der Waals surface area contributed by atoms with Crippen molar-refractivity contribution >= 4 is 28.2 Å². The molecule has 8 nitrogen and oxygen atoms in total. The Morgan fingerprint density at radius 3 is 2.56 bits per heavy atom. The highest BCUT2D eigenvalue weighted by Crippen LogP contribution is 2.35. The molecule has 1 amide bonds. The largest absolute Gasteiger partial charge is 0.506 e. The first-order chi connectivity index (χ1) is 15.5. The van der Waals surface area contributed by atoms with Gasteiger partial charge in [0.15, 0.2) is 0 Å². The molecule has 0 radical (unpaired) electrons. The molecule has 158 valence electrons. The van der Waals surface area contributed by atoms with Crippen LogP contribution in [-0.2, 0) is 0 Å². The van der Waals surface area contributed by atoms with Gasteiger partial charge in [0.25, 0.3) is 5.91 Å². The van der Waals surface area contributed by atoms with E-state index in [0.29, 0.717) is 39.4 Å². The van der Waals surface area contributed by atoms with Crippen molar-refractivity contribution in [3.8, 4) is 29.1 Å². The third kappa shape index (κ3) is 4.08. The van der Waals surface area contributed by atoms with Gasteiger partial charge in [0.1, 0.15) is 29.1 Å². The number of aromatic hydroxyl groups is 1. The minimum atomic E-state index is -0.322. The number of nitrogens with two attached hydrogens (primary N) is 1. The van der Waals surface area contributed by atoms with Crippen molar-refractivity contribution in [2.75, 3.05) is 18.2 Å². The van der Waals surface area contributed by atoms with Crippen molar-refractivity contribution in [3.05, 3.63) is 78.0 Å². The molecule has 4 N–H and O–H groups in total. The number of hydrogen-bond donors (Lipinski definition) is 3. The predicted molar refractivity (Wildman–Crippen MR) is 120 cm³/mol. The summed E-state index contributed by atoms with van der Waals surface area (Å²) >= 11 is 0. The number of phenols is 1. The van der Waals surface area contributed by atoms with Crippen molar-refractivity contribution in [1.82, 2.24) is 4.98 Å². The molecule has 0 saturated heterocycles. The van der Waals surface area contributed by atoms with Crippen molar-refractivity contribution in [2.45, 2.75) is 0 Å². The molecule has 1 aromatic heterocycles. The molecule has 0 spiro atoms. The predicted octanol–water partition coefficient (Wildman–Crippen LogP) is 4.45. The summed E-state index contributed by atoms with van der Waals surface area (Å²) in [7, 11) is 1.57. The number of aromatic nitrogens is 1. The number of pyridine rings is 1. The topological polar surface area (TPSA) is 130 Å². The average molecular weight is 426 g/mol. The molecule has 4 aromatic rings. The number of nitrogens with zero attached hydrogens (tertiary/aromatic N) is 2. The van der Waals surface area contributed by atoms with Gasteiger partial charge in [-0.15, -0.1) is 0 Å². The molecule has 0 fully saturated rings. The molecule has 0 aliphatic rings. The standard InChI is InChI=1S/C24H18N4O4/c1-31-17-5-3-16(4-6-17)28-24(30)14-2-7-23(19(26)11-14)32-22-8-9-27-20-12-21(29)15(13-25)10-18(20)22/h2-12,29H,26H2,1H3,(H,28,30). The van der Waals surface area contributed by atoms with Crippen LogP contribution < -0.4 is 20.5 Å². The minimum Gasteiger partial charge on any atom is -0.506 e. The van der Waals surface area contributed by atoms with Crippen LogP contribution in [0.5, 0.6) is 23.0 Å². The maximum Gasteiger partial charge on any atom is 0.255 e. The zero-order chi connectivity index (χ0) is 22.7. The second kappa shape index (κ2) is 8.53. The number of methoxy groups -OCH3 is 1. The third-order valence-electron chi connectivity index (χ3n) is 4.78. The summed E-state index contributed by atoms with van der Waals surface area (Å²) in [5.74, 6) is 0.960. The second-order valence-electron chi connectivity index (χ2n) is 6.84. The van der Waals surface area contributed by atoms with Gasteiger partial charge in [0.05, 0.1) is 23.9 Å². The lowest BCUT2D eigenvalue weighted by molar-refractivity contribution is 0.102. The molecule has 0 bridgehead atoms. The Balaban J connectivity index is 1.57. The van der Waals surface area contributed by atoms with Crippen LogP contribution in [0.3, 0.4) is 0 Å². The van der Waals surface area contributed by atoms with E-state index in [1.807, 2.05) is 6.07 Å². The van der Waals surface area contributed by atoms with Crippen LogP contribution in [0.1, 0.15) is 15.9 Å². The van der Waals surface area contributed by atoms with Crippen LogP contribution >= 0.6 is 0 Å². The van der Waals surface area contributed by atoms with Gasteiger partial charge in [-0.3, -0.25) is 9.78 Å². The maximum absolute atomic E-state index is 12.6. The van der Waals surface area contributed by atoms with Gasteiger partial charge < -0.3 is 25.6 Å². The van der Waals surface area contributed by atoms with E-state index in [1.54, 1.807) is 49.6 Å². The molecular weight excluding hydrogens is 408 g/mol. The van der Waals surface area contributed by atoms with Gasteiger partial charge >= 0.3 is 0 Å². The van der Waals surface area contributed by atoms with Crippen LogP contribution in [0.4, 0.5) is 11.4 Å². The number of ether oxygens (including phenoxy) is 2. The molecule has 1 heterocycles. The highest BCUT2D eigenvalue weighted by atomic mass is 16.5. The van der Waals surface area contributed by atoms with Gasteiger partial charge in [-0.2, -0.15) is 5.26 Å². The van der Waals surface area contributed by atoms with Crippen molar-refractivity contribution in [1.29, 1.82) is 5.26 Å². The molecule has 4 rings (SSSR count). The fourth-order valence-electron chi connectivity index (χ4n) is 3.11. The summed E-state index contributed by atoms with van der Waals surface area (Å²) in [6, 6.07) is 18.1. The molecule has 0 atom stereocenters. The number of nitriles is 1. The molecular formula is C24H18N4O4. The summed E-state index contributed by atoms with van der Waals surface area (Å²) in [5.41, 5.74) is 7.95. The average Bonchev–Trinajstić information content (AvgIpc) is 2.80. The van der Waals surface area contributed by atoms with E-state index in [9.17, 15) is 15.2 Å². The Hall–Kier alpha value is -4.77. The first-order valence-corrected chi connectivity index (χ1v) is 9.53. The van der Waals surface area contributed by atoms with Crippen molar-refractivity contribution in [3.63, 3.8) is 0 Å². The highest BCUT2D eigenvalue weighted by molar-refractivity contribution is 6.05. The Labute approximate surface area is 183 Å². The smallest absolute Gasteiger partial charge is 0.255 e. The highest BCUT2D eigenvalue weighted by Gasteiger charge is 2.13. The van der Waals surface area contributed by atoms with Gasteiger partial charge in [0.2, 0.25) is 0 Å². The molecule has 0 aliphatic heterocycles. The number of phenolic OH excluding ortho intramolecular Hbond substituents is 1. The number of carbonyl (C=O) groups excluding carboxylic acids is 1. The Bertz CT molecular complexity index is 1360. The Morgan fingerprint density at radius 1 is 1.09 bits per heavy atom. The van der Waals surface area contributed by atoms with Gasteiger partial charge in [0, 0.05) is 28.9 Å². The number of anilines is 2. The van der Waals surface area contributed by atoms with E-state index in [-0.39, 0.29) is 22.9 Å². The lowest BCUT2D eigenvalue weighted by Crippen LogP contribution is -2.12. The number of nitrogen functional groups attached to an aromatic ring is 1. The molecule has 0 aliphatic carbocycles. The first kappa shape index (κ1) is 20.5. The Morgan fingerprint density at radius 2 is 1.88 bits per heavy atom. The lowest BCUT2D eigenvalue weighted by Gasteiger charge is -2.12. The van der Waals surface area contributed by atoms with Crippen molar-refractivity contribution in [2.24, 2.45) is 0 Å². The fraction of sp³-hybridized carbons (Fsp3) is 0.0417. The number of fused-ring (bicyclic) bond motifs is 1. The third-order valence-corrected chi connectivity index (χ3v) is 4.78. The van der Waals surface area contributed by atoms with Gasteiger partial charge in [-0.1, -0.05) is 0 Å². The molecule has 0 unspecified atom stereocenters. The number of rotatable bonds is 5. The first-order valence-electron chi connectivity index (χ1n) is 9.53. The lowest BCUT2D eigenvalue weighted by atomic mass is 10.1. The number of hydrogen-bond acceptors (Lipinski definition) is 7. The Kier molecular flexibility index (Phi) is 5.47. The van der Waals surface area contributed by atoms with Crippen LogP contribution in [0, 0.1) is 11.3 Å². The molecule has 0 saturated carbocycles. The maximum atomic E-state index is 12.6. The van der Waals surface area contributed by atoms with E-state index in [2.05, 4.69) is 10.3 Å².